The molecule has 0 bridgehead atoms. The number of hydrogen-bond donors (Lipinski definition) is 1. The van der Waals surface area contributed by atoms with Crippen molar-refractivity contribution < 1.29 is 0 Å². The molecule has 25 heavy (non-hydrogen) atoms. The second-order valence-corrected chi connectivity index (χ2v) is 5.36. The first kappa shape index (κ1) is 16.4. The quantitative estimate of drug-likeness (QED) is 0.414. The molecular formula is C16H17N7O2. The number of nitrogens with zero attached hydrogens (tertiary/aromatic N) is 6. The summed E-state index contributed by atoms with van der Waals surface area (Å²) in [6, 6.07) is 3.61. The highest BCUT2D eigenvalue weighted by Crippen LogP contribution is 2.15. The highest BCUT2D eigenvalue weighted by Gasteiger charge is 2.18. The van der Waals surface area contributed by atoms with Gasteiger partial charge in [0.2, 0.25) is 5.95 Å². The van der Waals surface area contributed by atoms with Gasteiger partial charge in [-0.1, -0.05) is 6.08 Å². The molecule has 0 saturated heterocycles. The first-order valence-electron chi connectivity index (χ1n) is 7.51. The van der Waals surface area contributed by atoms with E-state index in [1.54, 1.807) is 48.4 Å². The number of imidazole rings is 1. The van der Waals surface area contributed by atoms with Gasteiger partial charge in [0.05, 0.1) is 6.21 Å². The number of pyridine rings is 1. The number of aryl methyl sites for hydroxylation is 1. The van der Waals surface area contributed by atoms with E-state index in [9.17, 15) is 9.59 Å². The summed E-state index contributed by atoms with van der Waals surface area (Å²) in [4.78, 5) is 32.9. The lowest BCUT2D eigenvalue weighted by molar-refractivity contribution is 0.703. The minimum atomic E-state index is -0.437. The van der Waals surface area contributed by atoms with Gasteiger partial charge in [-0.3, -0.25) is 23.5 Å². The van der Waals surface area contributed by atoms with E-state index in [0.717, 1.165) is 10.1 Å². The molecule has 3 aromatic heterocycles. The summed E-state index contributed by atoms with van der Waals surface area (Å²) in [6.45, 7) is 4.05. The molecule has 0 radical (unpaired) electrons. The van der Waals surface area contributed by atoms with Crippen LogP contribution in [0.2, 0.25) is 0 Å². The van der Waals surface area contributed by atoms with E-state index in [2.05, 4.69) is 27.1 Å². The zero-order valence-corrected chi connectivity index (χ0v) is 13.9. The molecule has 128 valence electrons. The summed E-state index contributed by atoms with van der Waals surface area (Å²) in [6.07, 6.45) is 6.57. The molecule has 0 amide bonds. The van der Waals surface area contributed by atoms with Crippen LogP contribution in [0.25, 0.3) is 11.2 Å². The molecule has 9 heteroatoms. The van der Waals surface area contributed by atoms with Crippen molar-refractivity contribution in [1.82, 2.24) is 23.7 Å². The Morgan fingerprint density at radius 1 is 1.24 bits per heavy atom. The van der Waals surface area contributed by atoms with Crippen molar-refractivity contribution in [3.63, 3.8) is 0 Å². The fourth-order valence-electron chi connectivity index (χ4n) is 2.45. The lowest BCUT2D eigenvalue weighted by atomic mass is 10.3. The predicted molar refractivity (Wildman–Crippen MR) is 95.9 cm³/mol. The third-order valence-electron chi connectivity index (χ3n) is 3.74. The van der Waals surface area contributed by atoms with E-state index in [1.165, 1.54) is 11.6 Å². The number of rotatable bonds is 5. The Morgan fingerprint density at radius 2 is 1.96 bits per heavy atom. The molecule has 1 N–H and O–H groups in total. The van der Waals surface area contributed by atoms with Gasteiger partial charge in [0.25, 0.3) is 5.56 Å². The lowest BCUT2D eigenvalue weighted by Crippen LogP contribution is -2.37. The summed E-state index contributed by atoms with van der Waals surface area (Å²) >= 11 is 0. The van der Waals surface area contributed by atoms with E-state index < -0.39 is 11.2 Å². The number of fused-ring (bicyclic) bond motifs is 1. The van der Waals surface area contributed by atoms with Crippen LogP contribution in [0.1, 0.15) is 5.56 Å². The number of aromatic nitrogens is 5. The van der Waals surface area contributed by atoms with Gasteiger partial charge in [0.15, 0.2) is 11.2 Å². The van der Waals surface area contributed by atoms with E-state index in [-0.39, 0.29) is 5.65 Å². The Balaban J connectivity index is 2.10. The third kappa shape index (κ3) is 2.87. The van der Waals surface area contributed by atoms with E-state index in [1.807, 2.05) is 0 Å². The fraction of sp³-hybridized carbons (Fsp3) is 0.188. The van der Waals surface area contributed by atoms with Crippen LogP contribution >= 0.6 is 0 Å². The molecular weight excluding hydrogens is 322 g/mol. The van der Waals surface area contributed by atoms with Crippen molar-refractivity contribution in [1.29, 1.82) is 0 Å². The van der Waals surface area contributed by atoms with Crippen LogP contribution < -0.4 is 16.7 Å². The molecule has 0 aliphatic heterocycles. The monoisotopic (exact) mass is 339 g/mol. The molecule has 0 atom stereocenters. The first-order valence-corrected chi connectivity index (χ1v) is 7.51. The number of hydrazone groups is 1. The van der Waals surface area contributed by atoms with Gasteiger partial charge >= 0.3 is 5.69 Å². The van der Waals surface area contributed by atoms with Gasteiger partial charge in [0, 0.05) is 33.0 Å². The summed E-state index contributed by atoms with van der Waals surface area (Å²) in [5.74, 6) is 0.346. The Morgan fingerprint density at radius 3 is 2.64 bits per heavy atom. The van der Waals surface area contributed by atoms with Crippen LogP contribution in [-0.2, 0) is 20.6 Å². The molecule has 0 saturated carbocycles. The Bertz CT molecular complexity index is 1070. The Kier molecular flexibility index (Phi) is 4.29. The van der Waals surface area contributed by atoms with Crippen molar-refractivity contribution in [3.05, 3.63) is 63.6 Å². The highest BCUT2D eigenvalue weighted by atomic mass is 16.2. The van der Waals surface area contributed by atoms with Crippen LogP contribution in [-0.4, -0.2) is 29.9 Å². The van der Waals surface area contributed by atoms with E-state index in [0.29, 0.717) is 18.0 Å². The van der Waals surface area contributed by atoms with Gasteiger partial charge in [-0.2, -0.15) is 10.1 Å². The van der Waals surface area contributed by atoms with Crippen LogP contribution in [0.3, 0.4) is 0 Å². The summed E-state index contributed by atoms with van der Waals surface area (Å²) in [5, 5.41) is 4.14. The normalized spacial score (nSPS) is 11.3. The predicted octanol–water partition coefficient (Wildman–Crippen LogP) is 0.461. The van der Waals surface area contributed by atoms with Crippen molar-refractivity contribution >= 4 is 23.3 Å². The number of nitrogens with one attached hydrogen (secondary N) is 1. The van der Waals surface area contributed by atoms with Crippen molar-refractivity contribution in [3.8, 4) is 0 Å². The smallest absolute Gasteiger partial charge is 0.299 e. The van der Waals surface area contributed by atoms with Crippen molar-refractivity contribution in [2.24, 2.45) is 19.2 Å². The van der Waals surface area contributed by atoms with Crippen LogP contribution in [0.5, 0.6) is 0 Å². The van der Waals surface area contributed by atoms with Gasteiger partial charge in [-0.25, -0.2) is 10.2 Å². The van der Waals surface area contributed by atoms with Crippen molar-refractivity contribution in [2.45, 2.75) is 6.54 Å². The van der Waals surface area contributed by atoms with E-state index in [4.69, 9.17) is 0 Å². The average molecular weight is 339 g/mol. The first-order chi connectivity index (χ1) is 12.0. The minimum Gasteiger partial charge on any atom is -0.299 e. The zero-order chi connectivity index (χ0) is 18.0. The zero-order valence-electron chi connectivity index (χ0n) is 13.9. The molecule has 3 aromatic rings. The summed E-state index contributed by atoms with van der Waals surface area (Å²) in [7, 11) is 3.00. The fourth-order valence-corrected chi connectivity index (χ4v) is 2.45. The topological polar surface area (TPSA) is 99.1 Å². The maximum absolute atomic E-state index is 12.5. The van der Waals surface area contributed by atoms with Gasteiger partial charge in [-0.15, -0.1) is 6.58 Å². The van der Waals surface area contributed by atoms with Gasteiger partial charge in [-0.05, 0) is 17.7 Å². The summed E-state index contributed by atoms with van der Waals surface area (Å²) in [5.41, 5.74) is 3.42. The SMILES string of the molecule is C=CCn1c(NN=Cc2ccncc2)nc2c1c(=O)n(C)c(=O)n2C. The molecule has 3 heterocycles. The molecule has 3 rings (SSSR count). The second kappa shape index (κ2) is 6.56. The molecule has 0 aliphatic rings. The molecule has 9 nitrogen and oxygen atoms in total. The van der Waals surface area contributed by atoms with Crippen LogP contribution in [0.4, 0.5) is 5.95 Å². The molecule has 0 fully saturated rings. The molecule has 0 spiro atoms. The molecule has 0 aromatic carbocycles. The number of anilines is 1. The number of hydrogen-bond acceptors (Lipinski definition) is 6. The third-order valence-corrected chi connectivity index (χ3v) is 3.74. The van der Waals surface area contributed by atoms with Gasteiger partial charge < -0.3 is 0 Å². The summed E-state index contributed by atoms with van der Waals surface area (Å²) < 4.78 is 4.01. The molecule has 0 aliphatic carbocycles. The largest absolute Gasteiger partial charge is 0.332 e. The van der Waals surface area contributed by atoms with Gasteiger partial charge in [0.1, 0.15) is 0 Å². The Hall–Kier alpha value is -3.49. The lowest BCUT2D eigenvalue weighted by Gasteiger charge is -2.06. The van der Waals surface area contributed by atoms with E-state index >= 15 is 0 Å². The van der Waals surface area contributed by atoms with Crippen molar-refractivity contribution in [2.75, 3.05) is 5.43 Å². The number of allylic oxidation sites excluding steroid dienone is 1. The minimum absolute atomic E-state index is 0.288. The molecule has 0 unspecified atom stereocenters. The Labute approximate surface area is 142 Å². The second-order valence-electron chi connectivity index (χ2n) is 5.36. The van der Waals surface area contributed by atoms with Crippen LogP contribution in [0, 0.1) is 0 Å². The standard InChI is InChI=1S/C16H17N7O2/c1-4-9-23-12-13(21(2)16(25)22(3)14(12)24)19-15(23)20-18-10-11-5-7-17-8-6-11/h4-8,10H,1,9H2,2-3H3,(H,19,20). The van der Waals surface area contributed by atoms with Crippen LogP contribution in [0.15, 0.2) is 51.9 Å². The maximum atomic E-state index is 12.5. The maximum Gasteiger partial charge on any atom is 0.332 e. The average Bonchev–Trinajstić information content (AvgIpc) is 2.98. The highest BCUT2D eigenvalue weighted by molar-refractivity contribution is 5.80.